The highest BCUT2D eigenvalue weighted by Crippen LogP contribution is 2.46. The van der Waals surface area contributed by atoms with Crippen LogP contribution in [0.4, 0.5) is 0 Å². The van der Waals surface area contributed by atoms with Gasteiger partial charge in [0.25, 0.3) is 0 Å². The molecular formula is C32H47NO17S. The predicted molar refractivity (Wildman–Crippen MR) is 170 cm³/mol. The van der Waals surface area contributed by atoms with E-state index in [9.17, 15) is 28.8 Å². The molecule has 0 aromatic heterocycles. The average Bonchev–Trinajstić information content (AvgIpc) is 3.50. The van der Waals surface area contributed by atoms with Crippen LogP contribution in [-0.4, -0.2) is 139 Å². The predicted octanol–water partition coefficient (Wildman–Crippen LogP) is 0.288. The number of esters is 5. The summed E-state index contributed by atoms with van der Waals surface area (Å²) in [5.41, 5.74) is 0. The minimum absolute atomic E-state index is 0.0975. The molecule has 4 fully saturated rings. The third-order valence-corrected chi connectivity index (χ3v) is 9.62. The molecule has 0 aromatic carbocycles. The molecule has 51 heavy (non-hydrogen) atoms. The molecule has 0 radical (unpaired) electrons. The van der Waals surface area contributed by atoms with Gasteiger partial charge in [0, 0.05) is 40.4 Å². The first-order valence-corrected chi connectivity index (χ1v) is 17.4. The van der Waals surface area contributed by atoms with E-state index in [-0.39, 0.29) is 5.75 Å². The summed E-state index contributed by atoms with van der Waals surface area (Å²) in [6.07, 6.45) is -10.8. The minimum atomic E-state index is -1.60. The largest absolute Gasteiger partial charge is 0.467 e. The van der Waals surface area contributed by atoms with E-state index in [1.807, 2.05) is 0 Å². The fourth-order valence-corrected chi connectivity index (χ4v) is 8.03. The van der Waals surface area contributed by atoms with Crippen LogP contribution in [0.25, 0.3) is 0 Å². The van der Waals surface area contributed by atoms with E-state index in [0.29, 0.717) is 0 Å². The van der Waals surface area contributed by atoms with Crippen LogP contribution in [0.1, 0.15) is 62.3 Å². The number of thioether (sulfide) groups is 1. The highest BCUT2D eigenvalue weighted by molar-refractivity contribution is 8.00. The fourth-order valence-electron chi connectivity index (χ4n) is 6.58. The maximum Gasteiger partial charge on any atom is 0.336 e. The Morgan fingerprint density at radius 2 is 1.37 bits per heavy atom. The van der Waals surface area contributed by atoms with Gasteiger partial charge in [-0.15, -0.1) is 11.8 Å². The summed E-state index contributed by atoms with van der Waals surface area (Å²) in [7, 11) is 1.12. The van der Waals surface area contributed by atoms with Crippen LogP contribution in [0.15, 0.2) is 0 Å². The van der Waals surface area contributed by atoms with E-state index >= 15 is 0 Å². The van der Waals surface area contributed by atoms with Crippen molar-refractivity contribution in [1.29, 1.82) is 0 Å². The minimum Gasteiger partial charge on any atom is -0.467 e. The highest BCUT2D eigenvalue weighted by Gasteiger charge is 2.62. The summed E-state index contributed by atoms with van der Waals surface area (Å²) in [5, 5.41) is 1.60. The molecule has 4 rings (SSSR count). The molecule has 0 aliphatic carbocycles. The number of methoxy groups -OCH3 is 1. The van der Waals surface area contributed by atoms with Crippen molar-refractivity contribution in [2.24, 2.45) is 0 Å². The Labute approximate surface area is 299 Å². The zero-order valence-electron chi connectivity index (χ0n) is 30.2. The number of rotatable bonds is 12. The Morgan fingerprint density at radius 1 is 0.765 bits per heavy atom. The van der Waals surface area contributed by atoms with Gasteiger partial charge in [-0.3, -0.25) is 24.0 Å². The monoisotopic (exact) mass is 749 g/mol. The second-order valence-corrected chi connectivity index (χ2v) is 14.6. The Hall–Kier alpha value is -3.07. The van der Waals surface area contributed by atoms with Crippen LogP contribution in [0.3, 0.4) is 0 Å². The van der Waals surface area contributed by atoms with Crippen molar-refractivity contribution in [3.8, 4) is 0 Å². The number of hydrogen-bond acceptors (Lipinski definition) is 18. The van der Waals surface area contributed by atoms with Crippen molar-refractivity contribution >= 4 is 47.5 Å². The van der Waals surface area contributed by atoms with Crippen molar-refractivity contribution < 1.29 is 80.9 Å². The number of hydrogen-bond donors (Lipinski definition) is 1. The van der Waals surface area contributed by atoms with Gasteiger partial charge in [0.2, 0.25) is 5.91 Å². The summed E-state index contributed by atoms with van der Waals surface area (Å²) < 4.78 is 64.1. The van der Waals surface area contributed by atoms with E-state index in [4.69, 9.17) is 52.1 Å². The van der Waals surface area contributed by atoms with E-state index in [0.717, 1.165) is 46.6 Å². The summed E-state index contributed by atoms with van der Waals surface area (Å²) in [6.45, 7) is 12.0. The molecular weight excluding hydrogens is 702 g/mol. The molecule has 0 spiro atoms. The first-order valence-electron chi connectivity index (χ1n) is 16.4. The lowest BCUT2D eigenvalue weighted by Crippen LogP contribution is -2.69. The molecule has 1 N–H and O–H groups in total. The molecule has 0 aromatic rings. The van der Waals surface area contributed by atoms with Crippen LogP contribution in [0.2, 0.25) is 0 Å². The molecule has 4 aliphatic rings. The van der Waals surface area contributed by atoms with Crippen LogP contribution in [0, 0.1) is 0 Å². The zero-order chi connectivity index (χ0) is 38.0. The summed E-state index contributed by atoms with van der Waals surface area (Å²) in [6, 6.07) is -1.33. The lowest BCUT2D eigenvalue weighted by Gasteiger charge is -2.48. The first-order chi connectivity index (χ1) is 23.7. The van der Waals surface area contributed by atoms with Gasteiger partial charge in [0.1, 0.15) is 37.1 Å². The zero-order valence-corrected chi connectivity index (χ0v) is 31.0. The second-order valence-electron chi connectivity index (χ2n) is 13.4. The number of fused-ring (bicyclic) bond motifs is 3. The van der Waals surface area contributed by atoms with Crippen LogP contribution >= 0.6 is 11.8 Å². The Kier molecular flexibility index (Phi) is 13.0. The maximum atomic E-state index is 13.5. The standard InChI is InChI=1S/C32H47NO17S/c1-13(34)33-20-23(21(43-16(4)37)18(42-15(3)36)11-41-14(2)35)46-27(29(39)40-10)28(24(20)44-17(5)38)51-12-19-22-25(48-31(6,7)47-22)26-30(45-19)50-32(8,9)49-26/h18-28,30H,11-12H2,1-10H3,(H,33,34)/t18-,19-,20+,21+,22+,23-,24-,25+,26-,27+,28-,30-/m1/s1. The molecule has 0 saturated carbocycles. The van der Waals surface area contributed by atoms with E-state index in [1.54, 1.807) is 27.7 Å². The van der Waals surface area contributed by atoms with Crippen molar-refractivity contribution in [2.45, 2.75) is 146 Å². The lowest BCUT2D eigenvalue weighted by molar-refractivity contribution is -0.228. The van der Waals surface area contributed by atoms with Crippen LogP contribution in [-0.2, 0) is 80.9 Å². The van der Waals surface area contributed by atoms with Gasteiger partial charge < -0.3 is 57.4 Å². The Morgan fingerprint density at radius 3 is 1.94 bits per heavy atom. The number of ether oxygens (including phenoxy) is 11. The van der Waals surface area contributed by atoms with Gasteiger partial charge in [-0.1, -0.05) is 0 Å². The molecule has 4 heterocycles. The van der Waals surface area contributed by atoms with Gasteiger partial charge in [0.15, 0.2) is 36.2 Å². The van der Waals surface area contributed by atoms with Gasteiger partial charge in [-0.25, -0.2) is 4.79 Å². The first kappa shape index (κ1) is 40.7. The number of carbonyl (C=O) groups excluding carboxylic acids is 6. The van der Waals surface area contributed by atoms with Crippen molar-refractivity contribution in [1.82, 2.24) is 5.32 Å². The van der Waals surface area contributed by atoms with Crippen LogP contribution in [0.5, 0.6) is 0 Å². The number of carbonyl (C=O) groups is 6. The molecule has 4 saturated heterocycles. The van der Waals surface area contributed by atoms with Crippen molar-refractivity contribution in [3.05, 3.63) is 0 Å². The molecule has 1 amide bonds. The quantitative estimate of drug-likeness (QED) is 0.210. The normalized spacial score (nSPS) is 34.5. The molecule has 4 aliphatic heterocycles. The third kappa shape index (κ3) is 10.1. The molecule has 288 valence electrons. The van der Waals surface area contributed by atoms with Crippen LogP contribution < -0.4 is 5.32 Å². The van der Waals surface area contributed by atoms with E-state index in [1.165, 1.54) is 6.92 Å². The topological polar surface area (TPSA) is 216 Å². The van der Waals surface area contributed by atoms with E-state index in [2.05, 4.69) is 5.32 Å². The summed E-state index contributed by atoms with van der Waals surface area (Å²) >= 11 is 1.11. The summed E-state index contributed by atoms with van der Waals surface area (Å²) in [4.78, 5) is 75.1. The average molecular weight is 750 g/mol. The molecule has 0 bridgehead atoms. The van der Waals surface area contributed by atoms with Crippen molar-refractivity contribution in [3.63, 3.8) is 0 Å². The molecule has 0 unspecified atom stereocenters. The smallest absolute Gasteiger partial charge is 0.336 e. The van der Waals surface area contributed by atoms with Gasteiger partial charge in [-0.05, 0) is 27.7 Å². The maximum absolute atomic E-state index is 13.5. The second kappa shape index (κ2) is 16.3. The summed E-state index contributed by atoms with van der Waals surface area (Å²) in [5.74, 6) is -6.60. The highest BCUT2D eigenvalue weighted by atomic mass is 32.2. The third-order valence-electron chi connectivity index (χ3n) is 8.20. The lowest BCUT2D eigenvalue weighted by atomic mass is 9.89. The fraction of sp³-hybridized carbons (Fsp3) is 0.812. The van der Waals surface area contributed by atoms with Crippen molar-refractivity contribution in [2.75, 3.05) is 19.5 Å². The van der Waals surface area contributed by atoms with Gasteiger partial charge >= 0.3 is 29.8 Å². The molecule has 19 heteroatoms. The molecule has 12 atom stereocenters. The number of amides is 1. The van der Waals surface area contributed by atoms with Gasteiger partial charge in [0.05, 0.1) is 24.5 Å². The molecule has 18 nitrogen and oxygen atoms in total. The SMILES string of the molecule is COC(=O)[C@H]1O[C@@H]([C@@H](OC(C)=O)[C@@H](COC(C)=O)OC(C)=O)[C@H](NC(C)=O)[C@@H](OC(C)=O)[C@H]1SC[C@H]1O[C@@H]2OC(C)(C)O[C@@H]2[C@H]2OC(C)(C)O[C@H]21. The Bertz CT molecular complexity index is 1340. The Balaban J connectivity index is 1.73. The van der Waals surface area contributed by atoms with Gasteiger partial charge in [-0.2, -0.15) is 0 Å². The number of nitrogens with one attached hydrogen (secondary N) is 1. The van der Waals surface area contributed by atoms with E-state index < -0.39 is 126 Å².